The minimum absolute atomic E-state index is 0.330. The SMILES string of the molecule is CCOC(=O)C(C)Oc1nsnc1N1CCN(c2ccccc2)CC1. The van der Waals surface area contributed by atoms with Gasteiger partial charge in [0.15, 0.2) is 6.10 Å². The van der Waals surface area contributed by atoms with Crippen LogP contribution in [0.1, 0.15) is 13.8 Å². The van der Waals surface area contributed by atoms with Gasteiger partial charge in [0.25, 0.3) is 5.88 Å². The fraction of sp³-hybridized carbons (Fsp3) is 0.471. The van der Waals surface area contributed by atoms with Gasteiger partial charge in [0.2, 0.25) is 5.82 Å². The molecule has 1 saturated heterocycles. The fourth-order valence-electron chi connectivity index (χ4n) is 2.73. The van der Waals surface area contributed by atoms with Crippen LogP contribution >= 0.6 is 11.7 Å². The molecule has 1 aliphatic heterocycles. The summed E-state index contributed by atoms with van der Waals surface area (Å²) in [5.41, 5.74) is 1.23. The minimum atomic E-state index is -0.701. The highest BCUT2D eigenvalue weighted by molar-refractivity contribution is 6.99. The number of aromatic nitrogens is 2. The molecule has 0 amide bonds. The Morgan fingerprint density at radius 1 is 1.16 bits per heavy atom. The van der Waals surface area contributed by atoms with Gasteiger partial charge in [0.1, 0.15) is 0 Å². The van der Waals surface area contributed by atoms with E-state index in [1.165, 1.54) is 5.69 Å². The van der Waals surface area contributed by atoms with Crippen molar-refractivity contribution in [2.75, 3.05) is 42.6 Å². The van der Waals surface area contributed by atoms with Gasteiger partial charge in [-0.2, -0.15) is 4.37 Å². The summed E-state index contributed by atoms with van der Waals surface area (Å²) in [6.45, 7) is 7.20. The van der Waals surface area contributed by atoms with E-state index in [1.54, 1.807) is 13.8 Å². The van der Waals surface area contributed by atoms with Crippen molar-refractivity contribution >= 4 is 29.2 Å². The first-order valence-corrected chi connectivity index (χ1v) is 9.13. The first kappa shape index (κ1) is 17.5. The highest BCUT2D eigenvalue weighted by atomic mass is 32.1. The van der Waals surface area contributed by atoms with Crippen molar-refractivity contribution < 1.29 is 14.3 Å². The van der Waals surface area contributed by atoms with Crippen molar-refractivity contribution in [2.45, 2.75) is 20.0 Å². The standard InChI is InChI=1S/C17H22N4O3S/c1-3-23-17(22)13(2)24-16-15(18-25-19-16)21-11-9-20(10-12-21)14-7-5-4-6-8-14/h4-8,13H,3,9-12H2,1-2H3. The van der Waals surface area contributed by atoms with Crippen LogP contribution in [0.15, 0.2) is 30.3 Å². The lowest BCUT2D eigenvalue weighted by atomic mass is 10.2. The molecule has 0 radical (unpaired) electrons. The van der Waals surface area contributed by atoms with E-state index in [2.05, 4.69) is 42.8 Å². The van der Waals surface area contributed by atoms with Crippen LogP contribution in [0.25, 0.3) is 0 Å². The molecule has 2 aromatic rings. The van der Waals surface area contributed by atoms with Crippen LogP contribution < -0.4 is 14.5 Å². The van der Waals surface area contributed by atoms with Gasteiger partial charge in [-0.05, 0) is 26.0 Å². The van der Waals surface area contributed by atoms with Crippen molar-refractivity contribution in [2.24, 2.45) is 0 Å². The molecule has 0 spiro atoms. The van der Waals surface area contributed by atoms with Gasteiger partial charge in [0, 0.05) is 31.9 Å². The Kier molecular flexibility index (Phi) is 5.70. The molecule has 2 heterocycles. The van der Waals surface area contributed by atoms with E-state index in [4.69, 9.17) is 9.47 Å². The van der Waals surface area contributed by atoms with Gasteiger partial charge in [0.05, 0.1) is 18.3 Å². The normalized spacial score (nSPS) is 15.8. The number of hydrogen-bond donors (Lipinski definition) is 0. The van der Waals surface area contributed by atoms with E-state index >= 15 is 0 Å². The Morgan fingerprint density at radius 2 is 1.84 bits per heavy atom. The Bertz CT molecular complexity index is 686. The van der Waals surface area contributed by atoms with E-state index in [0.717, 1.165) is 37.9 Å². The number of nitrogens with zero attached hydrogens (tertiary/aromatic N) is 4. The van der Waals surface area contributed by atoms with Crippen molar-refractivity contribution in [1.82, 2.24) is 8.75 Å². The Labute approximate surface area is 151 Å². The summed E-state index contributed by atoms with van der Waals surface area (Å²) in [5.74, 6) is 0.711. The maximum atomic E-state index is 11.7. The summed E-state index contributed by atoms with van der Waals surface area (Å²) in [4.78, 5) is 16.2. The Morgan fingerprint density at radius 3 is 2.52 bits per heavy atom. The zero-order chi connectivity index (χ0) is 17.6. The summed E-state index contributed by atoms with van der Waals surface area (Å²) in [6.07, 6.45) is -0.701. The number of rotatable bonds is 6. The summed E-state index contributed by atoms with van der Waals surface area (Å²) in [7, 11) is 0. The van der Waals surface area contributed by atoms with Crippen LogP contribution in [0.4, 0.5) is 11.5 Å². The van der Waals surface area contributed by atoms with Crippen molar-refractivity contribution in [3.05, 3.63) is 30.3 Å². The number of anilines is 2. The maximum absolute atomic E-state index is 11.7. The Balaban J connectivity index is 1.61. The quantitative estimate of drug-likeness (QED) is 0.730. The third-order valence-electron chi connectivity index (χ3n) is 4.05. The number of para-hydroxylation sites is 1. The fourth-order valence-corrected chi connectivity index (χ4v) is 3.24. The summed E-state index contributed by atoms with van der Waals surface area (Å²) >= 11 is 1.09. The van der Waals surface area contributed by atoms with Gasteiger partial charge < -0.3 is 19.3 Å². The molecule has 1 aliphatic rings. The second kappa shape index (κ2) is 8.15. The topological polar surface area (TPSA) is 67.8 Å². The summed E-state index contributed by atoms with van der Waals surface area (Å²) in [5, 5.41) is 0. The molecule has 25 heavy (non-hydrogen) atoms. The number of hydrogen-bond acceptors (Lipinski definition) is 8. The van der Waals surface area contributed by atoms with E-state index in [0.29, 0.717) is 18.3 Å². The number of carbonyl (C=O) groups is 1. The molecule has 134 valence electrons. The first-order valence-electron chi connectivity index (χ1n) is 8.40. The molecule has 7 nitrogen and oxygen atoms in total. The summed E-state index contributed by atoms with van der Waals surface area (Å²) in [6, 6.07) is 10.4. The van der Waals surface area contributed by atoms with Crippen LogP contribution in [0.3, 0.4) is 0 Å². The van der Waals surface area contributed by atoms with Crippen molar-refractivity contribution in [3.8, 4) is 5.88 Å². The second-order valence-electron chi connectivity index (χ2n) is 5.71. The highest BCUT2D eigenvalue weighted by Gasteiger charge is 2.25. The van der Waals surface area contributed by atoms with E-state index in [9.17, 15) is 4.79 Å². The third kappa shape index (κ3) is 4.19. The minimum Gasteiger partial charge on any atom is -0.463 e. The molecule has 8 heteroatoms. The number of esters is 1. The number of piperazine rings is 1. The number of benzene rings is 1. The molecule has 1 atom stereocenters. The monoisotopic (exact) mass is 362 g/mol. The van der Waals surface area contributed by atoms with Gasteiger partial charge in [-0.15, -0.1) is 4.37 Å². The molecule has 0 bridgehead atoms. The smallest absolute Gasteiger partial charge is 0.347 e. The van der Waals surface area contributed by atoms with Crippen LogP contribution in [-0.4, -0.2) is 53.6 Å². The zero-order valence-electron chi connectivity index (χ0n) is 14.4. The van der Waals surface area contributed by atoms with E-state index < -0.39 is 12.1 Å². The van der Waals surface area contributed by atoms with E-state index in [-0.39, 0.29) is 0 Å². The third-order valence-corrected chi connectivity index (χ3v) is 4.55. The van der Waals surface area contributed by atoms with Crippen molar-refractivity contribution in [3.63, 3.8) is 0 Å². The average Bonchev–Trinajstić information content (AvgIpc) is 3.11. The maximum Gasteiger partial charge on any atom is 0.347 e. The first-order chi connectivity index (χ1) is 12.2. The van der Waals surface area contributed by atoms with Crippen LogP contribution in [0, 0.1) is 0 Å². The van der Waals surface area contributed by atoms with Crippen LogP contribution in [-0.2, 0) is 9.53 Å². The predicted octanol–water partition coefficient (Wildman–Crippen LogP) is 2.20. The highest BCUT2D eigenvalue weighted by Crippen LogP contribution is 2.28. The number of carbonyl (C=O) groups excluding carboxylic acids is 1. The lowest BCUT2D eigenvalue weighted by Gasteiger charge is -2.36. The summed E-state index contributed by atoms with van der Waals surface area (Å²) < 4.78 is 19.2. The van der Waals surface area contributed by atoms with Crippen molar-refractivity contribution in [1.29, 1.82) is 0 Å². The molecular weight excluding hydrogens is 340 g/mol. The Hall–Kier alpha value is -2.35. The molecule has 0 aliphatic carbocycles. The largest absolute Gasteiger partial charge is 0.463 e. The molecule has 1 aromatic heterocycles. The van der Waals surface area contributed by atoms with Crippen LogP contribution in [0.5, 0.6) is 5.88 Å². The van der Waals surface area contributed by atoms with Crippen LogP contribution in [0.2, 0.25) is 0 Å². The van der Waals surface area contributed by atoms with Gasteiger partial charge in [-0.3, -0.25) is 0 Å². The predicted molar refractivity (Wildman–Crippen MR) is 97.5 cm³/mol. The number of ether oxygens (including phenoxy) is 2. The molecule has 3 rings (SSSR count). The molecule has 1 aromatic carbocycles. The van der Waals surface area contributed by atoms with Gasteiger partial charge >= 0.3 is 5.97 Å². The molecule has 0 N–H and O–H groups in total. The average molecular weight is 362 g/mol. The lowest BCUT2D eigenvalue weighted by molar-refractivity contribution is -0.150. The zero-order valence-corrected chi connectivity index (χ0v) is 15.2. The molecule has 0 saturated carbocycles. The molecular formula is C17H22N4O3S. The second-order valence-corrected chi connectivity index (χ2v) is 6.24. The molecule has 1 unspecified atom stereocenters. The van der Waals surface area contributed by atoms with Gasteiger partial charge in [-0.1, -0.05) is 18.2 Å². The van der Waals surface area contributed by atoms with Gasteiger partial charge in [-0.25, -0.2) is 4.79 Å². The lowest BCUT2D eigenvalue weighted by Crippen LogP contribution is -2.46. The molecule has 1 fully saturated rings. The van der Waals surface area contributed by atoms with E-state index in [1.807, 2.05) is 6.07 Å².